The summed E-state index contributed by atoms with van der Waals surface area (Å²) < 4.78 is 0. The lowest BCUT2D eigenvalue weighted by atomic mass is 9.67. The number of rotatable bonds is 13. The van der Waals surface area contributed by atoms with Crippen LogP contribution in [0.5, 0.6) is 0 Å². The number of nitrogens with zero attached hydrogens (tertiary/aromatic N) is 2. The van der Waals surface area contributed by atoms with Crippen LogP contribution < -0.4 is 9.80 Å². The lowest BCUT2D eigenvalue weighted by molar-refractivity contribution is 0.420. The predicted molar refractivity (Wildman–Crippen MR) is 343 cm³/mol. The second kappa shape index (κ2) is 21.0. The van der Waals surface area contributed by atoms with Crippen molar-refractivity contribution in [1.82, 2.24) is 0 Å². The molecule has 392 valence electrons. The van der Waals surface area contributed by atoms with E-state index in [9.17, 15) is 0 Å². The number of hydrogen-bond acceptors (Lipinski definition) is 2. The molecule has 0 saturated heterocycles. The Morgan fingerprint density at radius 1 is 0.280 bits per heavy atom. The van der Waals surface area contributed by atoms with Crippen LogP contribution in [-0.2, 0) is 5.41 Å². The average Bonchev–Trinajstić information content (AvgIpc) is 4.46. The minimum Gasteiger partial charge on any atom is -0.310 e. The van der Waals surface area contributed by atoms with Gasteiger partial charge in [0, 0.05) is 34.1 Å². The van der Waals surface area contributed by atoms with Crippen molar-refractivity contribution in [3.8, 4) is 55.6 Å². The Bertz CT molecular complexity index is 4160. The van der Waals surface area contributed by atoms with Gasteiger partial charge in [-0.15, -0.1) is 0 Å². The molecular formula is C80H62N2. The zero-order valence-electron chi connectivity index (χ0n) is 45.9. The van der Waals surface area contributed by atoms with Crippen molar-refractivity contribution in [3.63, 3.8) is 0 Å². The molecule has 3 aliphatic carbocycles. The van der Waals surface area contributed by atoms with Crippen molar-refractivity contribution < 1.29 is 0 Å². The van der Waals surface area contributed by atoms with Gasteiger partial charge >= 0.3 is 0 Å². The molecule has 2 heteroatoms. The highest BCUT2D eigenvalue weighted by atomic mass is 15.1. The van der Waals surface area contributed by atoms with Crippen molar-refractivity contribution in [2.24, 2.45) is 11.8 Å². The van der Waals surface area contributed by atoms with Crippen molar-refractivity contribution in [2.45, 2.75) is 37.0 Å². The first-order valence-corrected chi connectivity index (χ1v) is 29.3. The van der Waals surface area contributed by atoms with Crippen molar-refractivity contribution in [1.29, 1.82) is 0 Å². The summed E-state index contributed by atoms with van der Waals surface area (Å²) in [4.78, 5) is 4.92. The number of anilines is 6. The second-order valence-corrected chi connectivity index (χ2v) is 22.7. The second-order valence-electron chi connectivity index (χ2n) is 22.7. The maximum absolute atomic E-state index is 2.50. The summed E-state index contributed by atoms with van der Waals surface area (Å²) in [5.41, 5.74) is 25.0. The Hall–Kier alpha value is -9.76. The third kappa shape index (κ3) is 8.57. The van der Waals surface area contributed by atoms with Crippen LogP contribution in [0.3, 0.4) is 0 Å². The first-order chi connectivity index (χ1) is 40.7. The molecule has 3 unspecified atom stereocenters. The average molecular weight is 1050 g/mol. The molecule has 82 heavy (non-hydrogen) atoms. The van der Waals surface area contributed by atoms with E-state index in [2.05, 4.69) is 319 Å². The van der Waals surface area contributed by atoms with E-state index in [1.807, 2.05) is 0 Å². The van der Waals surface area contributed by atoms with Gasteiger partial charge in [-0.1, -0.05) is 237 Å². The SMILES string of the molecule is c1ccc(-c2cc(-c3ccc(N(c4ccccc4)c4ccccc4C4CC5CCC4C5)cc3)c(-c3ccccc3)cc2-c2ccc(N(c3ccccc3)c3ccc4c(c3)C(c3ccccc3)(c3ccccc3)c3ccccc3-4)cc2)cc1. The van der Waals surface area contributed by atoms with Gasteiger partial charge in [-0.05, 0) is 199 Å². The minimum absolute atomic E-state index is 0.516. The molecule has 0 aliphatic heterocycles. The van der Waals surface area contributed by atoms with Gasteiger partial charge in [0.15, 0.2) is 0 Å². The first kappa shape index (κ1) is 49.3. The van der Waals surface area contributed by atoms with Crippen LogP contribution in [0.4, 0.5) is 34.1 Å². The Morgan fingerprint density at radius 3 is 1.22 bits per heavy atom. The maximum Gasteiger partial charge on any atom is 0.0714 e. The summed E-state index contributed by atoms with van der Waals surface area (Å²) in [5.74, 6) is 2.25. The monoisotopic (exact) mass is 1050 g/mol. The molecule has 0 radical (unpaired) electrons. The molecule has 2 fully saturated rings. The molecule has 0 N–H and O–H groups in total. The molecular weight excluding hydrogens is 989 g/mol. The minimum atomic E-state index is -0.516. The lowest BCUT2D eigenvalue weighted by Crippen LogP contribution is -2.28. The molecule has 2 bridgehead atoms. The van der Waals surface area contributed by atoms with Crippen LogP contribution in [0.25, 0.3) is 55.6 Å². The summed E-state index contributed by atoms with van der Waals surface area (Å²) in [6.07, 6.45) is 5.43. The van der Waals surface area contributed by atoms with E-state index in [0.29, 0.717) is 5.92 Å². The van der Waals surface area contributed by atoms with Crippen LogP contribution in [-0.4, -0.2) is 0 Å². The zero-order valence-corrected chi connectivity index (χ0v) is 45.9. The molecule has 3 aliphatic rings. The number of fused-ring (bicyclic) bond motifs is 5. The van der Waals surface area contributed by atoms with E-state index in [4.69, 9.17) is 0 Å². The fourth-order valence-electron chi connectivity index (χ4n) is 14.6. The van der Waals surface area contributed by atoms with Crippen molar-refractivity contribution in [2.75, 3.05) is 9.80 Å². The normalized spacial score (nSPS) is 16.3. The Balaban J connectivity index is 0.849. The van der Waals surface area contributed by atoms with Crippen LogP contribution in [0, 0.1) is 11.8 Å². The molecule has 12 aromatic carbocycles. The molecule has 0 amide bonds. The van der Waals surface area contributed by atoms with Gasteiger partial charge in [-0.25, -0.2) is 0 Å². The summed E-state index contributed by atoms with van der Waals surface area (Å²) >= 11 is 0. The standard InChI is InChI=1S/C80H62N2/c1-7-23-57(24-8-1)73-55-76(60-43-47-67(48-44-60)82(65-33-17-6-18-34-65)79-38-22-20-36-71(79)72-52-56-39-40-61(72)51-56)74(58-25-9-2-10-26-58)54-75(73)59-41-45-66(46-42-59)81(64-31-15-5-16-32-64)68-49-50-70-69-35-19-21-37-77(69)80(78(70)53-68,62-27-11-3-12-28-62)63-29-13-4-14-30-63/h1-38,41-50,53-56,61,72H,39-40,51-52H2. The van der Waals surface area contributed by atoms with E-state index in [0.717, 1.165) is 40.1 Å². The molecule has 2 nitrogen and oxygen atoms in total. The van der Waals surface area contributed by atoms with Gasteiger partial charge in [-0.2, -0.15) is 0 Å². The fraction of sp³-hybridized carbons (Fsp3) is 0.100. The smallest absolute Gasteiger partial charge is 0.0714 e. The van der Waals surface area contributed by atoms with Crippen LogP contribution in [0.2, 0.25) is 0 Å². The topological polar surface area (TPSA) is 6.48 Å². The Labute approximate surface area is 482 Å². The van der Waals surface area contributed by atoms with Gasteiger partial charge in [-0.3, -0.25) is 0 Å². The van der Waals surface area contributed by atoms with E-state index in [-0.39, 0.29) is 0 Å². The molecule has 15 rings (SSSR count). The highest BCUT2D eigenvalue weighted by Crippen LogP contribution is 2.58. The zero-order chi connectivity index (χ0) is 54.4. The van der Waals surface area contributed by atoms with E-state index in [1.54, 1.807) is 0 Å². The first-order valence-electron chi connectivity index (χ1n) is 29.3. The molecule has 0 spiro atoms. The summed E-state index contributed by atoms with van der Waals surface area (Å²) in [5, 5.41) is 0. The Morgan fingerprint density at radius 2 is 0.695 bits per heavy atom. The van der Waals surface area contributed by atoms with Gasteiger partial charge in [0.1, 0.15) is 0 Å². The maximum atomic E-state index is 2.50. The number of hydrogen-bond donors (Lipinski definition) is 0. The third-order valence-corrected chi connectivity index (χ3v) is 18.2. The summed E-state index contributed by atoms with van der Waals surface area (Å²) in [7, 11) is 0. The van der Waals surface area contributed by atoms with Crippen LogP contribution in [0.1, 0.15) is 59.4 Å². The lowest BCUT2D eigenvalue weighted by Gasteiger charge is -2.35. The fourth-order valence-corrected chi connectivity index (χ4v) is 14.6. The summed E-state index contributed by atoms with van der Waals surface area (Å²) in [6, 6.07) is 115. The van der Waals surface area contributed by atoms with Crippen LogP contribution in [0.15, 0.2) is 309 Å². The summed E-state index contributed by atoms with van der Waals surface area (Å²) in [6.45, 7) is 0. The highest BCUT2D eigenvalue weighted by Gasteiger charge is 2.46. The van der Waals surface area contributed by atoms with Gasteiger partial charge in [0.2, 0.25) is 0 Å². The molecule has 0 heterocycles. The van der Waals surface area contributed by atoms with Gasteiger partial charge < -0.3 is 9.80 Å². The van der Waals surface area contributed by atoms with E-state index in [1.165, 1.54) is 115 Å². The van der Waals surface area contributed by atoms with E-state index < -0.39 is 5.41 Å². The quantitative estimate of drug-likeness (QED) is 0.114. The van der Waals surface area contributed by atoms with Crippen molar-refractivity contribution >= 4 is 34.1 Å². The van der Waals surface area contributed by atoms with Gasteiger partial charge in [0.05, 0.1) is 5.41 Å². The largest absolute Gasteiger partial charge is 0.310 e. The van der Waals surface area contributed by atoms with Gasteiger partial charge in [0.25, 0.3) is 0 Å². The molecule has 2 saturated carbocycles. The predicted octanol–water partition coefficient (Wildman–Crippen LogP) is 21.6. The number of para-hydroxylation sites is 3. The highest BCUT2D eigenvalue weighted by molar-refractivity contribution is 5.97. The Kier molecular flexibility index (Phi) is 12.7. The molecule has 0 aromatic heterocycles. The van der Waals surface area contributed by atoms with Crippen LogP contribution >= 0.6 is 0 Å². The molecule has 12 aromatic rings. The van der Waals surface area contributed by atoms with E-state index >= 15 is 0 Å². The van der Waals surface area contributed by atoms with Crippen molar-refractivity contribution in [3.05, 3.63) is 337 Å². The third-order valence-electron chi connectivity index (χ3n) is 18.2. The number of benzene rings is 12. The molecule has 3 atom stereocenters.